The Morgan fingerprint density at radius 1 is 1.07 bits per heavy atom. The van der Waals surface area contributed by atoms with Gasteiger partial charge in [-0.25, -0.2) is 0 Å². The summed E-state index contributed by atoms with van der Waals surface area (Å²) >= 11 is 0. The minimum Gasteiger partial charge on any atom is -0.344 e. The van der Waals surface area contributed by atoms with E-state index in [0.717, 1.165) is 31.2 Å². The van der Waals surface area contributed by atoms with Crippen LogP contribution in [0.3, 0.4) is 0 Å². The molecule has 2 fully saturated rings. The van der Waals surface area contributed by atoms with Gasteiger partial charge in [0.1, 0.15) is 6.04 Å². The van der Waals surface area contributed by atoms with E-state index in [1.54, 1.807) is 31.2 Å². The van der Waals surface area contributed by atoms with Crippen molar-refractivity contribution in [3.8, 4) is 0 Å². The largest absolute Gasteiger partial charge is 0.344 e. The first-order valence-corrected chi connectivity index (χ1v) is 9.47. The summed E-state index contributed by atoms with van der Waals surface area (Å²) in [5, 5.41) is 5.55. The van der Waals surface area contributed by atoms with Crippen LogP contribution in [0.2, 0.25) is 0 Å². The molecule has 0 bridgehead atoms. The Bertz CT molecular complexity index is 722. The SMILES string of the molecule is C[C@H](NC(=O)C1CCCC1)C(=O)Nc1ccc(CN2C(=O)CCC2=O)cc1. The maximum absolute atomic E-state index is 12.3. The molecule has 2 aliphatic rings. The first-order valence-electron chi connectivity index (χ1n) is 9.47. The third-order valence-corrected chi connectivity index (χ3v) is 5.20. The number of carbonyl (C=O) groups excluding carboxylic acids is 4. The molecular weight excluding hydrogens is 346 g/mol. The Balaban J connectivity index is 1.51. The van der Waals surface area contributed by atoms with Gasteiger partial charge < -0.3 is 10.6 Å². The molecule has 1 aliphatic heterocycles. The van der Waals surface area contributed by atoms with Crippen LogP contribution in [0, 0.1) is 5.92 Å². The smallest absolute Gasteiger partial charge is 0.246 e. The van der Waals surface area contributed by atoms with E-state index < -0.39 is 6.04 Å². The number of nitrogens with one attached hydrogen (secondary N) is 2. The Morgan fingerprint density at radius 2 is 1.67 bits per heavy atom. The molecule has 1 aromatic rings. The molecule has 1 heterocycles. The molecule has 1 saturated carbocycles. The molecule has 0 radical (unpaired) electrons. The monoisotopic (exact) mass is 371 g/mol. The van der Waals surface area contributed by atoms with Crippen molar-refractivity contribution >= 4 is 29.3 Å². The highest BCUT2D eigenvalue weighted by Gasteiger charge is 2.28. The number of likely N-dealkylation sites (tertiary alicyclic amines) is 1. The maximum atomic E-state index is 12.3. The van der Waals surface area contributed by atoms with Crippen molar-refractivity contribution in [1.29, 1.82) is 0 Å². The molecule has 7 nitrogen and oxygen atoms in total. The summed E-state index contributed by atoms with van der Waals surface area (Å²) in [6, 6.07) is 6.39. The van der Waals surface area contributed by atoms with Crippen molar-refractivity contribution in [2.75, 3.05) is 5.32 Å². The number of hydrogen-bond acceptors (Lipinski definition) is 4. The normalized spacial score (nSPS) is 18.6. The summed E-state index contributed by atoms with van der Waals surface area (Å²) in [4.78, 5) is 49.0. The lowest BCUT2D eigenvalue weighted by Gasteiger charge is -2.17. The number of anilines is 1. The molecule has 144 valence electrons. The van der Waals surface area contributed by atoms with Gasteiger partial charge in [0.15, 0.2) is 0 Å². The van der Waals surface area contributed by atoms with Gasteiger partial charge in [0.05, 0.1) is 6.54 Å². The molecule has 4 amide bonds. The highest BCUT2D eigenvalue weighted by Crippen LogP contribution is 2.24. The van der Waals surface area contributed by atoms with E-state index in [9.17, 15) is 19.2 Å². The third-order valence-electron chi connectivity index (χ3n) is 5.20. The fourth-order valence-corrected chi connectivity index (χ4v) is 3.51. The van der Waals surface area contributed by atoms with Gasteiger partial charge in [0, 0.05) is 24.4 Å². The summed E-state index contributed by atoms with van der Waals surface area (Å²) in [5.41, 5.74) is 1.42. The zero-order chi connectivity index (χ0) is 19.4. The van der Waals surface area contributed by atoms with Crippen molar-refractivity contribution < 1.29 is 19.2 Å². The number of imide groups is 1. The van der Waals surface area contributed by atoms with Gasteiger partial charge in [-0.2, -0.15) is 0 Å². The second kappa shape index (κ2) is 8.33. The Labute approximate surface area is 158 Å². The molecule has 3 rings (SSSR count). The standard InChI is InChI=1S/C20H25N3O4/c1-13(21-20(27)15-4-2-3-5-15)19(26)22-16-8-6-14(7-9-16)12-23-17(24)10-11-18(23)25/h6-9,13,15H,2-5,10-12H2,1H3,(H,21,27)(H,22,26)/t13-/m0/s1. The van der Waals surface area contributed by atoms with Crippen LogP contribution in [-0.4, -0.2) is 34.6 Å². The minimum atomic E-state index is -0.613. The van der Waals surface area contributed by atoms with Crippen LogP contribution in [0.5, 0.6) is 0 Å². The van der Waals surface area contributed by atoms with Gasteiger partial charge in [-0.05, 0) is 37.5 Å². The van der Waals surface area contributed by atoms with Crippen LogP contribution in [0.4, 0.5) is 5.69 Å². The van der Waals surface area contributed by atoms with Crippen LogP contribution in [0.25, 0.3) is 0 Å². The van der Waals surface area contributed by atoms with E-state index in [1.165, 1.54) is 4.90 Å². The molecule has 27 heavy (non-hydrogen) atoms. The Kier molecular flexibility index (Phi) is 5.88. The summed E-state index contributed by atoms with van der Waals surface area (Å²) in [7, 11) is 0. The van der Waals surface area contributed by atoms with E-state index in [2.05, 4.69) is 10.6 Å². The number of hydrogen-bond donors (Lipinski definition) is 2. The van der Waals surface area contributed by atoms with Gasteiger partial charge in [-0.3, -0.25) is 24.1 Å². The highest BCUT2D eigenvalue weighted by molar-refractivity contribution is 6.01. The van der Waals surface area contributed by atoms with E-state index in [-0.39, 0.29) is 48.9 Å². The lowest BCUT2D eigenvalue weighted by molar-refractivity contribution is -0.139. The van der Waals surface area contributed by atoms with Gasteiger partial charge in [0.2, 0.25) is 23.6 Å². The van der Waals surface area contributed by atoms with Crippen LogP contribution in [0.1, 0.15) is 51.0 Å². The molecule has 0 unspecified atom stereocenters. The topological polar surface area (TPSA) is 95.6 Å². The fraction of sp³-hybridized carbons (Fsp3) is 0.500. The predicted octanol–water partition coefficient (Wildman–Crippen LogP) is 1.97. The first-order chi connectivity index (χ1) is 12.9. The van der Waals surface area contributed by atoms with E-state index >= 15 is 0 Å². The predicted molar refractivity (Wildman–Crippen MR) is 99.4 cm³/mol. The number of amides is 4. The van der Waals surface area contributed by atoms with Crippen molar-refractivity contribution in [2.24, 2.45) is 5.92 Å². The van der Waals surface area contributed by atoms with Crippen molar-refractivity contribution in [1.82, 2.24) is 10.2 Å². The zero-order valence-corrected chi connectivity index (χ0v) is 15.5. The summed E-state index contributed by atoms with van der Waals surface area (Å²) < 4.78 is 0. The van der Waals surface area contributed by atoms with Crippen molar-refractivity contribution in [3.05, 3.63) is 29.8 Å². The van der Waals surface area contributed by atoms with Gasteiger partial charge in [-0.1, -0.05) is 25.0 Å². The molecule has 1 aromatic carbocycles. The minimum absolute atomic E-state index is 0.0236. The molecule has 1 saturated heterocycles. The summed E-state index contributed by atoms with van der Waals surface area (Å²) in [6.45, 7) is 1.92. The first kappa shape index (κ1) is 19.1. The molecule has 0 spiro atoms. The fourth-order valence-electron chi connectivity index (χ4n) is 3.51. The van der Waals surface area contributed by atoms with E-state index in [4.69, 9.17) is 0 Å². The number of benzene rings is 1. The number of carbonyl (C=O) groups is 4. The van der Waals surface area contributed by atoms with Crippen LogP contribution >= 0.6 is 0 Å². The summed E-state index contributed by atoms with van der Waals surface area (Å²) in [6.07, 6.45) is 4.47. The maximum Gasteiger partial charge on any atom is 0.246 e. The van der Waals surface area contributed by atoms with E-state index in [0.29, 0.717) is 5.69 Å². The van der Waals surface area contributed by atoms with Gasteiger partial charge >= 0.3 is 0 Å². The summed E-state index contributed by atoms with van der Waals surface area (Å²) in [5.74, 6) is -0.603. The zero-order valence-electron chi connectivity index (χ0n) is 15.5. The van der Waals surface area contributed by atoms with Crippen LogP contribution < -0.4 is 10.6 Å². The van der Waals surface area contributed by atoms with E-state index in [1.807, 2.05) is 0 Å². The lowest BCUT2D eigenvalue weighted by atomic mass is 10.1. The quantitative estimate of drug-likeness (QED) is 0.748. The average Bonchev–Trinajstić information content (AvgIpc) is 3.29. The molecule has 1 aliphatic carbocycles. The highest BCUT2D eigenvalue weighted by atomic mass is 16.2. The molecule has 0 aromatic heterocycles. The Morgan fingerprint density at radius 3 is 2.26 bits per heavy atom. The molecule has 7 heteroatoms. The van der Waals surface area contributed by atoms with Crippen molar-refractivity contribution in [3.63, 3.8) is 0 Å². The average molecular weight is 371 g/mol. The third kappa shape index (κ3) is 4.72. The van der Waals surface area contributed by atoms with Gasteiger partial charge in [0.25, 0.3) is 0 Å². The second-order valence-corrected chi connectivity index (χ2v) is 7.27. The Hall–Kier alpha value is -2.70. The number of nitrogens with zero attached hydrogens (tertiary/aromatic N) is 1. The lowest BCUT2D eigenvalue weighted by Crippen LogP contribution is -2.43. The van der Waals surface area contributed by atoms with Crippen molar-refractivity contribution in [2.45, 2.75) is 58.0 Å². The van der Waals surface area contributed by atoms with Gasteiger partial charge in [-0.15, -0.1) is 0 Å². The van der Waals surface area contributed by atoms with Crippen LogP contribution in [-0.2, 0) is 25.7 Å². The molecular formula is C20H25N3O4. The second-order valence-electron chi connectivity index (χ2n) is 7.27. The molecule has 2 N–H and O–H groups in total. The molecule has 1 atom stereocenters. The number of rotatable bonds is 6. The van der Waals surface area contributed by atoms with Crippen LogP contribution in [0.15, 0.2) is 24.3 Å².